The van der Waals surface area contributed by atoms with Crippen LogP contribution in [0.1, 0.15) is 4.88 Å². The number of benzene rings is 1. The summed E-state index contributed by atoms with van der Waals surface area (Å²) in [5.74, 6) is 0.582. The number of halogens is 2. The number of aromatic nitrogens is 3. The molecule has 2 N–H and O–H groups in total. The van der Waals surface area contributed by atoms with Gasteiger partial charge in [0.25, 0.3) is 5.91 Å². The predicted molar refractivity (Wildman–Crippen MR) is 120 cm³/mol. The fourth-order valence-electron chi connectivity index (χ4n) is 3.14. The lowest BCUT2D eigenvalue weighted by Crippen LogP contribution is -2.35. The lowest BCUT2D eigenvalue weighted by atomic mass is 10.1. The van der Waals surface area contributed by atoms with Crippen molar-refractivity contribution in [2.24, 2.45) is 5.73 Å². The number of nitrogens with two attached hydrogens (primary N) is 1. The van der Waals surface area contributed by atoms with Gasteiger partial charge in [-0.15, -0.1) is 23.7 Å². The Labute approximate surface area is 187 Å². The van der Waals surface area contributed by atoms with Gasteiger partial charge in [-0.25, -0.2) is 13.9 Å². The van der Waals surface area contributed by atoms with E-state index in [2.05, 4.69) is 5.10 Å². The van der Waals surface area contributed by atoms with Gasteiger partial charge in [0.2, 0.25) is 0 Å². The number of thiophene rings is 1. The molecule has 0 aliphatic carbocycles. The Bertz CT molecular complexity index is 1190. The van der Waals surface area contributed by atoms with Crippen LogP contribution in [0.3, 0.4) is 0 Å². The summed E-state index contributed by atoms with van der Waals surface area (Å²) in [6.07, 6.45) is 1.85. The molecule has 0 spiro atoms. The number of rotatable bonds is 6. The van der Waals surface area contributed by atoms with Crippen molar-refractivity contribution in [2.45, 2.75) is 13.1 Å². The van der Waals surface area contributed by atoms with Crippen LogP contribution in [0, 0.1) is 0 Å². The quantitative estimate of drug-likeness (QED) is 0.603. The lowest BCUT2D eigenvalue weighted by molar-refractivity contribution is -0.120. The molecule has 0 radical (unpaired) electrons. The minimum Gasteiger partial charge on any atom is -0.482 e. The first-order chi connectivity index (χ1) is 14.5. The van der Waals surface area contributed by atoms with Crippen molar-refractivity contribution in [1.29, 1.82) is 0 Å². The summed E-state index contributed by atoms with van der Waals surface area (Å²) in [7, 11) is 1.73. The third kappa shape index (κ3) is 4.55. The van der Waals surface area contributed by atoms with Gasteiger partial charge in [-0.05, 0) is 35.4 Å². The molecule has 1 aliphatic rings. The van der Waals surface area contributed by atoms with Crippen LogP contribution in [0.15, 0.2) is 53.4 Å². The maximum atomic E-state index is 12.7. The van der Waals surface area contributed by atoms with Crippen LogP contribution in [0.4, 0.5) is 10.1 Å². The zero-order valence-corrected chi connectivity index (χ0v) is 18.3. The topological polar surface area (TPSA) is 95.4 Å². The van der Waals surface area contributed by atoms with Gasteiger partial charge in [-0.2, -0.15) is 5.10 Å². The largest absolute Gasteiger partial charge is 0.482 e. The maximum absolute atomic E-state index is 12.7. The summed E-state index contributed by atoms with van der Waals surface area (Å²) in [6, 6.07) is 9.65. The number of ether oxygens (including phenoxy) is 1. The number of amides is 1. The van der Waals surface area contributed by atoms with Gasteiger partial charge in [0.1, 0.15) is 12.1 Å². The van der Waals surface area contributed by atoms with Gasteiger partial charge in [-0.1, -0.05) is 6.07 Å². The van der Waals surface area contributed by atoms with E-state index in [4.69, 9.17) is 10.5 Å². The fraction of sp³-hybridized carbons (Fsp3) is 0.250. The Morgan fingerprint density at radius 1 is 1.32 bits per heavy atom. The van der Waals surface area contributed by atoms with E-state index in [0.717, 1.165) is 21.0 Å². The number of carbonyl (C=O) groups excluding carboxylic acids is 1. The van der Waals surface area contributed by atoms with Gasteiger partial charge in [-0.3, -0.25) is 9.36 Å². The van der Waals surface area contributed by atoms with E-state index in [1.807, 2.05) is 30.3 Å². The summed E-state index contributed by atoms with van der Waals surface area (Å²) in [6.45, 7) is 0.442. The first kappa shape index (κ1) is 22.7. The zero-order valence-electron chi connectivity index (χ0n) is 16.7. The predicted octanol–water partition coefficient (Wildman–Crippen LogP) is 2.41. The van der Waals surface area contributed by atoms with Crippen LogP contribution < -0.4 is 21.1 Å². The first-order valence-electron chi connectivity index (χ1n) is 9.23. The minimum absolute atomic E-state index is 0. The van der Waals surface area contributed by atoms with Gasteiger partial charge in [0.15, 0.2) is 6.61 Å². The highest BCUT2D eigenvalue weighted by atomic mass is 35.5. The highest BCUT2D eigenvalue weighted by Gasteiger charge is 2.22. The molecule has 164 valence electrons. The van der Waals surface area contributed by atoms with E-state index < -0.39 is 0 Å². The van der Waals surface area contributed by atoms with E-state index in [1.165, 1.54) is 15.6 Å². The van der Waals surface area contributed by atoms with Crippen LogP contribution in [0.2, 0.25) is 0 Å². The zero-order chi connectivity index (χ0) is 21.3. The van der Waals surface area contributed by atoms with E-state index in [-0.39, 0.29) is 43.7 Å². The Kier molecular flexibility index (Phi) is 6.94. The standard InChI is InChI=1S/C20H20FN5O3S.ClH/c1-24-16-4-2-14(6-17(16)29-11-19(24)27)18-5-3-15(30-18)10-25-12-23-26(20(25)28)9-13(7-21)8-22;/h2-7,12H,8-11,22H2,1H3;1H/b13-7+;. The van der Waals surface area contributed by atoms with Crippen LogP contribution in [0.5, 0.6) is 5.75 Å². The number of likely N-dealkylation sites (N-methyl/N-ethyl adjacent to an activating group) is 1. The second kappa shape index (κ2) is 9.46. The summed E-state index contributed by atoms with van der Waals surface area (Å²) >= 11 is 1.55. The van der Waals surface area contributed by atoms with Crippen molar-refractivity contribution < 1.29 is 13.9 Å². The Morgan fingerprint density at radius 3 is 2.87 bits per heavy atom. The van der Waals surface area contributed by atoms with E-state index in [9.17, 15) is 14.0 Å². The molecule has 0 saturated heterocycles. The van der Waals surface area contributed by atoms with Crippen LogP contribution in [0.25, 0.3) is 10.4 Å². The molecule has 0 bridgehead atoms. The molecule has 0 atom stereocenters. The molecule has 0 fully saturated rings. The Balaban J connectivity index is 0.00000272. The molecule has 4 rings (SSSR count). The molecule has 1 aliphatic heterocycles. The molecule has 1 aromatic carbocycles. The summed E-state index contributed by atoms with van der Waals surface area (Å²) in [4.78, 5) is 27.8. The summed E-state index contributed by atoms with van der Waals surface area (Å²) in [5, 5.41) is 4.03. The summed E-state index contributed by atoms with van der Waals surface area (Å²) < 4.78 is 20.9. The second-order valence-corrected chi connectivity index (χ2v) is 8.03. The van der Waals surface area contributed by atoms with Crippen LogP contribution >= 0.6 is 23.7 Å². The molecule has 0 saturated carbocycles. The van der Waals surface area contributed by atoms with Crippen molar-refractivity contribution in [3.05, 3.63) is 63.9 Å². The first-order valence-corrected chi connectivity index (χ1v) is 10.0. The smallest absolute Gasteiger partial charge is 0.346 e. The normalized spacial score (nSPS) is 13.6. The number of carbonyl (C=O) groups is 1. The molecule has 3 aromatic rings. The number of fused-ring (bicyclic) bond motifs is 1. The van der Waals surface area contributed by atoms with Crippen molar-refractivity contribution in [1.82, 2.24) is 14.3 Å². The molecular formula is C20H21ClFN5O3S. The fourth-order valence-corrected chi connectivity index (χ4v) is 4.14. The SMILES string of the molecule is CN1C(=O)COc2cc(-c3ccc(Cn4cnn(C/C(=C/F)CN)c4=O)s3)ccc21.Cl. The molecular weight excluding hydrogens is 445 g/mol. The Morgan fingerprint density at radius 2 is 2.13 bits per heavy atom. The van der Waals surface area contributed by atoms with Crippen molar-refractivity contribution in [3.8, 4) is 16.2 Å². The van der Waals surface area contributed by atoms with Crippen molar-refractivity contribution in [3.63, 3.8) is 0 Å². The lowest BCUT2D eigenvalue weighted by Gasteiger charge is -2.26. The number of hydrogen-bond donors (Lipinski definition) is 1. The molecule has 11 heteroatoms. The highest BCUT2D eigenvalue weighted by molar-refractivity contribution is 7.15. The highest BCUT2D eigenvalue weighted by Crippen LogP contribution is 2.37. The van der Waals surface area contributed by atoms with Crippen LogP contribution in [-0.4, -0.2) is 40.5 Å². The third-order valence-electron chi connectivity index (χ3n) is 4.89. The van der Waals surface area contributed by atoms with Gasteiger partial charge in [0.05, 0.1) is 25.1 Å². The number of hydrogen-bond acceptors (Lipinski definition) is 6. The van der Waals surface area contributed by atoms with Gasteiger partial charge < -0.3 is 15.4 Å². The van der Waals surface area contributed by atoms with E-state index in [1.54, 1.807) is 23.3 Å². The molecule has 3 heterocycles. The Hall–Kier alpha value is -2.95. The van der Waals surface area contributed by atoms with Crippen molar-refractivity contribution in [2.75, 3.05) is 25.1 Å². The third-order valence-corrected chi connectivity index (χ3v) is 6.00. The minimum atomic E-state index is -0.326. The van der Waals surface area contributed by atoms with E-state index >= 15 is 0 Å². The molecule has 8 nitrogen and oxygen atoms in total. The van der Waals surface area contributed by atoms with Crippen LogP contribution in [-0.2, 0) is 17.9 Å². The second-order valence-electron chi connectivity index (χ2n) is 6.86. The molecule has 1 amide bonds. The average Bonchev–Trinajstić information content (AvgIpc) is 3.36. The molecule has 0 unspecified atom stereocenters. The maximum Gasteiger partial charge on any atom is 0.346 e. The monoisotopic (exact) mass is 465 g/mol. The van der Waals surface area contributed by atoms with Gasteiger partial charge in [0, 0.05) is 23.3 Å². The van der Waals surface area contributed by atoms with E-state index in [0.29, 0.717) is 24.2 Å². The summed E-state index contributed by atoms with van der Waals surface area (Å²) in [5.41, 5.74) is 7.12. The number of anilines is 1. The molecule has 31 heavy (non-hydrogen) atoms. The van der Waals surface area contributed by atoms with Gasteiger partial charge >= 0.3 is 5.69 Å². The number of nitrogens with zero attached hydrogens (tertiary/aromatic N) is 4. The molecule has 2 aromatic heterocycles. The van der Waals surface area contributed by atoms with Crippen molar-refractivity contribution >= 4 is 35.3 Å². The average molecular weight is 466 g/mol.